The first-order chi connectivity index (χ1) is 19.2. The van der Waals surface area contributed by atoms with Gasteiger partial charge in [-0.1, -0.05) is 6.07 Å². The molecule has 4 heterocycles. The van der Waals surface area contributed by atoms with E-state index in [-0.39, 0.29) is 17.9 Å². The van der Waals surface area contributed by atoms with E-state index in [1.54, 1.807) is 25.4 Å². The van der Waals surface area contributed by atoms with Crippen LogP contribution in [-0.4, -0.2) is 48.6 Å². The molecule has 7 N–H and O–H groups in total. The molecular formula is C27H33FN10O2. The summed E-state index contributed by atoms with van der Waals surface area (Å²) in [4.78, 5) is 22.6. The number of anilines is 4. The number of amides is 1. The van der Waals surface area contributed by atoms with Crippen LogP contribution in [0.1, 0.15) is 61.5 Å². The van der Waals surface area contributed by atoms with Gasteiger partial charge in [-0.15, -0.1) is 0 Å². The Morgan fingerprint density at radius 3 is 2.60 bits per heavy atom. The van der Waals surface area contributed by atoms with E-state index >= 15 is 0 Å². The van der Waals surface area contributed by atoms with Crippen molar-refractivity contribution >= 4 is 28.9 Å². The Bertz CT molecular complexity index is 1490. The van der Waals surface area contributed by atoms with Crippen LogP contribution in [0.25, 0.3) is 5.82 Å². The molecule has 1 atom stereocenters. The average Bonchev–Trinajstić information content (AvgIpc) is 3.58. The number of hydrogen-bond donors (Lipinski definition) is 5. The summed E-state index contributed by atoms with van der Waals surface area (Å²) in [6.07, 6.45) is 6.28. The summed E-state index contributed by atoms with van der Waals surface area (Å²) in [6, 6.07) is 6.79. The molecule has 0 radical (unpaired) electrons. The highest BCUT2D eigenvalue weighted by molar-refractivity contribution is 5.85. The first-order valence-corrected chi connectivity index (χ1v) is 13.0. The fourth-order valence-electron chi connectivity index (χ4n) is 5.09. The zero-order valence-electron chi connectivity index (χ0n) is 22.6. The Hall–Kier alpha value is -4.52. The van der Waals surface area contributed by atoms with Gasteiger partial charge in [0.05, 0.1) is 35.5 Å². The van der Waals surface area contributed by atoms with Gasteiger partial charge in [-0.3, -0.25) is 9.89 Å². The molecule has 0 bridgehead atoms. The van der Waals surface area contributed by atoms with Gasteiger partial charge in [-0.05, 0) is 51.2 Å². The number of H-pyrrole nitrogens is 1. The number of ether oxygens (including phenoxy) is 1. The van der Waals surface area contributed by atoms with Gasteiger partial charge in [-0.25, -0.2) is 19.0 Å². The van der Waals surface area contributed by atoms with Gasteiger partial charge in [0.25, 0.3) is 5.91 Å². The van der Waals surface area contributed by atoms with Crippen LogP contribution in [0, 0.1) is 12.7 Å². The maximum atomic E-state index is 13.5. The monoisotopic (exact) mass is 548 g/mol. The third kappa shape index (κ3) is 5.45. The molecule has 1 aliphatic rings. The van der Waals surface area contributed by atoms with E-state index in [1.807, 2.05) is 26.0 Å². The molecule has 12 nitrogen and oxygen atoms in total. The number of hydrogen-bond acceptors (Lipinski definition) is 9. The van der Waals surface area contributed by atoms with Crippen molar-refractivity contribution in [3.05, 3.63) is 65.6 Å². The first kappa shape index (κ1) is 27.1. The lowest BCUT2D eigenvalue weighted by atomic mass is 9.76. The summed E-state index contributed by atoms with van der Waals surface area (Å²) >= 11 is 0. The van der Waals surface area contributed by atoms with Crippen molar-refractivity contribution in [1.29, 1.82) is 0 Å². The molecule has 4 aromatic heterocycles. The van der Waals surface area contributed by atoms with Gasteiger partial charge in [0.2, 0.25) is 0 Å². The number of nitrogens with two attached hydrogens (primary N) is 2. The largest absolute Gasteiger partial charge is 0.397 e. The summed E-state index contributed by atoms with van der Waals surface area (Å²) < 4.78 is 20.4. The lowest BCUT2D eigenvalue weighted by molar-refractivity contribution is -0.148. The Labute approximate surface area is 230 Å². The Morgan fingerprint density at radius 1 is 1.23 bits per heavy atom. The maximum absolute atomic E-state index is 13.5. The number of aromatic amines is 1. The van der Waals surface area contributed by atoms with Crippen molar-refractivity contribution in [3.8, 4) is 5.82 Å². The van der Waals surface area contributed by atoms with Crippen LogP contribution in [-0.2, 0) is 9.53 Å². The number of aromatic nitrogens is 6. The molecule has 13 heteroatoms. The molecule has 0 unspecified atom stereocenters. The summed E-state index contributed by atoms with van der Waals surface area (Å²) in [5, 5.41) is 17.2. The average molecular weight is 549 g/mol. The molecule has 0 spiro atoms. The smallest absolute Gasteiger partial charge is 0.252 e. The van der Waals surface area contributed by atoms with Gasteiger partial charge in [0, 0.05) is 37.1 Å². The van der Waals surface area contributed by atoms with Gasteiger partial charge in [0.15, 0.2) is 17.5 Å². The third-order valence-corrected chi connectivity index (χ3v) is 7.47. The maximum Gasteiger partial charge on any atom is 0.252 e. The minimum Gasteiger partial charge on any atom is -0.397 e. The summed E-state index contributed by atoms with van der Waals surface area (Å²) in [7, 11) is 1.56. The second kappa shape index (κ2) is 10.9. The minimum absolute atomic E-state index is 0.0161. The molecule has 40 heavy (non-hydrogen) atoms. The summed E-state index contributed by atoms with van der Waals surface area (Å²) in [5.41, 5.74) is 14.9. The zero-order chi connectivity index (χ0) is 28.4. The third-order valence-electron chi connectivity index (χ3n) is 7.47. The quantitative estimate of drug-likeness (QED) is 0.220. The van der Waals surface area contributed by atoms with E-state index < -0.39 is 11.4 Å². The molecule has 5 rings (SSSR count). The fraction of sp³-hybridized carbons (Fsp3) is 0.370. The molecule has 1 fully saturated rings. The highest BCUT2D eigenvalue weighted by Crippen LogP contribution is 2.42. The van der Waals surface area contributed by atoms with E-state index in [2.05, 4.69) is 30.9 Å². The fourth-order valence-corrected chi connectivity index (χ4v) is 5.09. The van der Waals surface area contributed by atoms with Crippen molar-refractivity contribution in [2.75, 3.05) is 23.9 Å². The van der Waals surface area contributed by atoms with Crippen molar-refractivity contribution in [3.63, 3.8) is 0 Å². The minimum atomic E-state index is -0.979. The van der Waals surface area contributed by atoms with E-state index in [9.17, 15) is 9.18 Å². The van der Waals surface area contributed by atoms with Crippen molar-refractivity contribution in [2.45, 2.75) is 57.1 Å². The van der Waals surface area contributed by atoms with Gasteiger partial charge >= 0.3 is 0 Å². The summed E-state index contributed by atoms with van der Waals surface area (Å²) in [5.74, 6) is 1.05. The van der Waals surface area contributed by atoms with Crippen LogP contribution in [0.2, 0.25) is 0 Å². The van der Waals surface area contributed by atoms with Gasteiger partial charge in [0.1, 0.15) is 11.4 Å². The topological polar surface area (TPSA) is 175 Å². The molecule has 210 valence electrons. The predicted molar refractivity (Wildman–Crippen MR) is 148 cm³/mol. The molecule has 0 aliphatic heterocycles. The molecule has 1 aliphatic carbocycles. The van der Waals surface area contributed by atoms with E-state index in [1.165, 1.54) is 10.9 Å². The van der Waals surface area contributed by atoms with Crippen LogP contribution in [0.15, 0.2) is 42.9 Å². The van der Waals surface area contributed by atoms with Gasteiger partial charge < -0.3 is 26.8 Å². The van der Waals surface area contributed by atoms with E-state index in [0.29, 0.717) is 60.2 Å². The number of carbonyl (C=O) groups excluding carboxylic acids is 1. The molecule has 1 amide bonds. The second-order valence-corrected chi connectivity index (χ2v) is 10.2. The Balaban J connectivity index is 1.24. The lowest BCUT2D eigenvalue weighted by Gasteiger charge is -2.38. The molecule has 1 saturated carbocycles. The SMILES string of the molecule is CO[C@]1(C(=O)N[C@@H](C)c2ccc(-n3cc(F)cn3)nc2)CC[C@H](c2nc(Nc3cc(C)[nH]n3)cc(N)c2N)CC1. The van der Waals surface area contributed by atoms with Crippen LogP contribution >= 0.6 is 0 Å². The van der Waals surface area contributed by atoms with Crippen LogP contribution in [0.4, 0.5) is 27.4 Å². The number of aryl methyl sites for hydroxylation is 1. The molecule has 0 saturated heterocycles. The number of carbonyl (C=O) groups is 1. The summed E-state index contributed by atoms with van der Waals surface area (Å²) in [6.45, 7) is 3.79. The predicted octanol–water partition coefficient (Wildman–Crippen LogP) is 3.66. The first-order valence-electron chi connectivity index (χ1n) is 13.0. The number of pyridine rings is 2. The van der Waals surface area contributed by atoms with Crippen LogP contribution in [0.3, 0.4) is 0 Å². The van der Waals surface area contributed by atoms with Crippen molar-refractivity contribution < 1.29 is 13.9 Å². The molecule has 4 aromatic rings. The lowest BCUT2D eigenvalue weighted by Crippen LogP contribution is -2.50. The highest BCUT2D eigenvalue weighted by atomic mass is 19.1. The number of rotatable bonds is 8. The van der Waals surface area contributed by atoms with Crippen LogP contribution in [0.5, 0.6) is 0 Å². The Kier molecular flexibility index (Phi) is 7.39. The second-order valence-electron chi connectivity index (χ2n) is 10.2. The number of halogens is 1. The van der Waals surface area contributed by atoms with E-state index in [0.717, 1.165) is 17.5 Å². The molecular weight excluding hydrogens is 515 g/mol. The highest BCUT2D eigenvalue weighted by Gasteiger charge is 2.43. The number of nitrogen functional groups attached to an aromatic ring is 2. The van der Waals surface area contributed by atoms with E-state index in [4.69, 9.17) is 21.2 Å². The van der Waals surface area contributed by atoms with Gasteiger partial charge in [-0.2, -0.15) is 10.2 Å². The Morgan fingerprint density at radius 2 is 2.00 bits per heavy atom. The number of nitrogens with zero attached hydrogens (tertiary/aromatic N) is 5. The standard InChI is InChI=1S/C27H33FN10O2/c1-15-10-22(37-36-15)34-21-11-20(29)24(30)25(35-21)17-6-8-27(40-3,9-7-17)26(39)33-16(2)18-4-5-23(31-12-18)38-14-19(28)13-32-38/h4-5,10-14,16-17H,6-9,30H2,1-3H3,(H,33,39)(H4,29,34,35,36,37)/t16-,17-,27+/m0/s1. The van der Waals surface area contributed by atoms with Crippen molar-refractivity contribution in [2.24, 2.45) is 0 Å². The zero-order valence-corrected chi connectivity index (χ0v) is 22.6. The molecule has 0 aromatic carbocycles. The van der Waals surface area contributed by atoms with Crippen LogP contribution < -0.4 is 22.1 Å². The number of methoxy groups -OCH3 is 1. The normalized spacial score (nSPS) is 19.8. The number of nitrogens with one attached hydrogen (secondary N) is 3. The van der Waals surface area contributed by atoms with Crippen molar-refractivity contribution in [1.82, 2.24) is 35.3 Å².